The Bertz CT molecular complexity index is 974. The second-order valence-electron chi connectivity index (χ2n) is 5.91. The van der Waals surface area contributed by atoms with Crippen LogP contribution in [0.3, 0.4) is 0 Å². The number of nitrogens with zero attached hydrogens (tertiary/aromatic N) is 2. The molecule has 0 spiro atoms. The smallest absolute Gasteiger partial charge is 0.338 e. The van der Waals surface area contributed by atoms with E-state index >= 15 is 0 Å². The Hall–Kier alpha value is -2.47. The number of hydrogen-bond acceptors (Lipinski definition) is 5. The topological polar surface area (TPSA) is 60.7 Å². The molecule has 3 aromatic rings. The molecule has 24 heavy (non-hydrogen) atoms. The van der Waals surface area contributed by atoms with Gasteiger partial charge in [0.15, 0.2) is 4.96 Å². The third-order valence-corrected chi connectivity index (χ3v) is 5.05. The minimum atomic E-state index is -0.378. The first kappa shape index (κ1) is 15.1. The summed E-state index contributed by atoms with van der Waals surface area (Å²) in [5.41, 5.74) is 3.43. The number of thiazole rings is 1. The molecule has 1 aliphatic rings. The molecule has 1 aromatic carbocycles. The average molecular weight is 340 g/mol. The van der Waals surface area contributed by atoms with E-state index in [1.54, 1.807) is 11.6 Å². The molecule has 0 saturated heterocycles. The van der Waals surface area contributed by atoms with Crippen LogP contribution in [0, 0.1) is 0 Å². The highest BCUT2D eigenvalue weighted by atomic mass is 32.1. The zero-order valence-corrected chi connectivity index (χ0v) is 13.8. The molecule has 6 heteroatoms. The first-order valence-corrected chi connectivity index (χ1v) is 8.83. The number of hydrogen-bond donors (Lipinski definition) is 0. The average Bonchev–Trinajstić information content (AvgIpc) is 3.08. The Labute approximate surface area is 142 Å². The summed E-state index contributed by atoms with van der Waals surface area (Å²) in [6, 6.07) is 7.17. The summed E-state index contributed by atoms with van der Waals surface area (Å²) in [6.07, 6.45) is 6.16. The lowest BCUT2D eigenvalue weighted by molar-refractivity contribution is 0.0467. The third kappa shape index (κ3) is 2.85. The Morgan fingerprint density at radius 2 is 2.04 bits per heavy atom. The predicted octanol–water partition coefficient (Wildman–Crippen LogP) is 2.99. The second-order valence-corrected chi connectivity index (χ2v) is 6.78. The molecular formula is C18H16N2O3S. The minimum absolute atomic E-state index is 0.000438. The van der Waals surface area contributed by atoms with Crippen molar-refractivity contribution >= 4 is 22.3 Å². The highest BCUT2D eigenvalue weighted by molar-refractivity contribution is 7.15. The largest absolute Gasteiger partial charge is 0.456 e. The first-order valence-electron chi connectivity index (χ1n) is 7.95. The van der Waals surface area contributed by atoms with Crippen molar-refractivity contribution < 1.29 is 9.53 Å². The number of rotatable bonds is 3. The van der Waals surface area contributed by atoms with Gasteiger partial charge in [-0.05, 0) is 48.9 Å². The molecular weight excluding hydrogens is 324 g/mol. The standard InChI is InChI=1S/C18H16N2O3S/c21-16-10-15(19-18-20(16)7-8-24-18)11-23-17(22)14-6-5-12-3-1-2-4-13(12)9-14/h5-10H,1-4,11H2. The van der Waals surface area contributed by atoms with Gasteiger partial charge < -0.3 is 4.74 Å². The van der Waals surface area contributed by atoms with E-state index in [0.29, 0.717) is 16.2 Å². The summed E-state index contributed by atoms with van der Waals surface area (Å²) in [5, 5.41) is 1.80. The summed E-state index contributed by atoms with van der Waals surface area (Å²) in [4.78, 5) is 29.1. The normalized spacial score (nSPS) is 13.7. The van der Waals surface area contributed by atoms with E-state index in [-0.39, 0.29) is 18.1 Å². The van der Waals surface area contributed by atoms with Gasteiger partial charge in [-0.15, -0.1) is 11.3 Å². The van der Waals surface area contributed by atoms with Crippen LogP contribution in [0.5, 0.6) is 0 Å². The molecule has 1 aliphatic carbocycles. The SMILES string of the molecule is O=C(OCc1cc(=O)n2ccsc2n1)c1ccc2c(c1)CCCC2. The van der Waals surface area contributed by atoms with Crippen molar-refractivity contribution in [1.82, 2.24) is 9.38 Å². The minimum Gasteiger partial charge on any atom is -0.456 e. The molecule has 2 aromatic heterocycles. The number of carbonyl (C=O) groups excluding carboxylic acids is 1. The molecule has 5 nitrogen and oxygen atoms in total. The molecule has 0 unspecified atom stereocenters. The van der Waals surface area contributed by atoms with Crippen LogP contribution in [0.15, 0.2) is 40.6 Å². The molecule has 2 heterocycles. The maximum atomic E-state index is 12.3. The molecule has 0 bridgehead atoms. The summed E-state index contributed by atoms with van der Waals surface area (Å²) in [5.74, 6) is -0.378. The number of carbonyl (C=O) groups is 1. The van der Waals surface area contributed by atoms with Gasteiger partial charge in [-0.2, -0.15) is 0 Å². The zero-order valence-electron chi connectivity index (χ0n) is 13.0. The van der Waals surface area contributed by atoms with Crippen LogP contribution in [0.2, 0.25) is 0 Å². The summed E-state index contributed by atoms with van der Waals surface area (Å²) >= 11 is 1.37. The first-order chi connectivity index (χ1) is 11.7. The third-order valence-electron chi connectivity index (χ3n) is 4.29. The van der Waals surface area contributed by atoms with Gasteiger partial charge in [-0.25, -0.2) is 9.78 Å². The van der Waals surface area contributed by atoms with Gasteiger partial charge in [0.1, 0.15) is 6.61 Å². The van der Waals surface area contributed by atoms with Crippen LogP contribution in [-0.2, 0) is 24.2 Å². The van der Waals surface area contributed by atoms with E-state index in [1.165, 1.54) is 45.8 Å². The van der Waals surface area contributed by atoms with Gasteiger partial charge in [-0.1, -0.05) is 6.07 Å². The molecule has 0 amide bonds. The maximum absolute atomic E-state index is 12.3. The lowest BCUT2D eigenvalue weighted by atomic mass is 9.90. The van der Waals surface area contributed by atoms with Gasteiger partial charge in [0.05, 0.1) is 11.3 Å². The Morgan fingerprint density at radius 3 is 2.92 bits per heavy atom. The number of ether oxygens (including phenoxy) is 1. The molecule has 0 saturated carbocycles. The van der Waals surface area contributed by atoms with Crippen LogP contribution >= 0.6 is 11.3 Å². The number of benzene rings is 1. The molecule has 122 valence electrons. The summed E-state index contributed by atoms with van der Waals surface area (Å²) in [7, 11) is 0. The van der Waals surface area contributed by atoms with E-state index < -0.39 is 0 Å². The van der Waals surface area contributed by atoms with Crippen molar-refractivity contribution in [2.75, 3.05) is 0 Å². The second kappa shape index (κ2) is 6.20. The Morgan fingerprint density at radius 1 is 1.21 bits per heavy atom. The molecule has 0 atom stereocenters. The molecule has 0 N–H and O–H groups in total. The van der Waals surface area contributed by atoms with Crippen LogP contribution < -0.4 is 5.56 Å². The molecule has 0 fully saturated rings. The van der Waals surface area contributed by atoms with Crippen molar-refractivity contribution in [3.8, 4) is 0 Å². The van der Waals surface area contributed by atoms with Crippen LogP contribution in [0.4, 0.5) is 0 Å². The van der Waals surface area contributed by atoms with E-state index in [2.05, 4.69) is 4.98 Å². The number of aromatic nitrogens is 2. The number of fused-ring (bicyclic) bond motifs is 2. The van der Waals surface area contributed by atoms with Crippen LogP contribution in [0.1, 0.15) is 40.0 Å². The lowest BCUT2D eigenvalue weighted by Gasteiger charge is -2.16. The molecule has 0 radical (unpaired) electrons. The Kier molecular flexibility index (Phi) is 3.90. The maximum Gasteiger partial charge on any atom is 0.338 e. The van der Waals surface area contributed by atoms with Crippen LogP contribution in [0.25, 0.3) is 4.96 Å². The Balaban J connectivity index is 1.50. The fourth-order valence-electron chi connectivity index (χ4n) is 3.05. The van der Waals surface area contributed by atoms with E-state index in [4.69, 9.17) is 4.74 Å². The van der Waals surface area contributed by atoms with Crippen LogP contribution in [-0.4, -0.2) is 15.4 Å². The predicted molar refractivity (Wildman–Crippen MR) is 91.5 cm³/mol. The fourth-order valence-corrected chi connectivity index (χ4v) is 3.78. The van der Waals surface area contributed by atoms with Crippen molar-refractivity contribution in [2.45, 2.75) is 32.3 Å². The van der Waals surface area contributed by atoms with Gasteiger partial charge >= 0.3 is 5.97 Å². The van der Waals surface area contributed by atoms with Crippen molar-refractivity contribution in [1.29, 1.82) is 0 Å². The molecule has 0 aliphatic heterocycles. The number of aryl methyl sites for hydroxylation is 2. The van der Waals surface area contributed by atoms with E-state index in [9.17, 15) is 9.59 Å². The summed E-state index contributed by atoms with van der Waals surface area (Å²) < 4.78 is 6.81. The summed E-state index contributed by atoms with van der Waals surface area (Å²) in [6.45, 7) is -0.000438. The van der Waals surface area contributed by atoms with E-state index in [1.807, 2.05) is 18.2 Å². The fraction of sp³-hybridized carbons (Fsp3) is 0.278. The quantitative estimate of drug-likeness (QED) is 0.688. The molecule has 4 rings (SSSR count). The zero-order chi connectivity index (χ0) is 16.5. The van der Waals surface area contributed by atoms with Gasteiger partial charge in [0.2, 0.25) is 0 Å². The van der Waals surface area contributed by atoms with Crippen molar-refractivity contribution in [2.24, 2.45) is 0 Å². The van der Waals surface area contributed by atoms with Gasteiger partial charge in [-0.3, -0.25) is 9.20 Å². The highest BCUT2D eigenvalue weighted by Crippen LogP contribution is 2.22. The van der Waals surface area contributed by atoms with Gasteiger partial charge in [0, 0.05) is 17.6 Å². The highest BCUT2D eigenvalue weighted by Gasteiger charge is 2.14. The monoisotopic (exact) mass is 340 g/mol. The number of esters is 1. The van der Waals surface area contributed by atoms with Crippen molar-refractivity contribution in [3.05, 3.63) is 68.6 Å². The van der Waals surface area contributed by atoms with E-state index in [0.717, 1.165) is 12.8 Å². The lowest BCUT2D eigenvalue weighted by Crippen LogP contribution is -2.15. The van der Waals surface area contributed by atoms with Crippen molar-refractivity contribution in [3.63, 3.8) is 0 Å². The van der Waals surface area contributed by atoms with Gasteiger partial charge in [0.25, 0.3) is 5.56 Å².